The molecule has 0 unspecified atom stereocenters. The Kier molecular flexibility index (Phi) is 5.60. The second-order valence-electron chi connectivity index (χ2n) is 7.15. The molecule has 0 saturated carbocycles. The van der Waals surface area contributed by atoms with E-state index in [4.69, 9.17) is 0 Å². The van der Waals surface area contributed by atoms with Crippen molar-refractivity contribution in [3.8, 4) is 0 Å². The SMILES string of the molecule is CC(C)(C)[C@@H](CC(=O)c1ccccc1)CS(=O)(=O)c1ccccc1. The molecule has 0 aliphatic rings. The Hall–Kier alpha value is -1.94. The number of rotatable bonds is 6. The highest BCUT2D eigenvalue weighted by atomic mass is 32.2. The molecule has 0 aliphatic heterocycles. The van der Waals surface area contributed by atoms with Gasteiger partial charge in [0, 0.05) is 12.0 Å². The first kappa shape index (κ1) is 18.4. The highest BCUT2D eigenvalue weighted by molar-refractivity contribution is 7.91. The normalized spacial score (nSPS) is 13.5. The van der Waals surface area contributed by atoms with Crippen molar-refractivity contribution < 1.29 is 13.2 Å². The largest absolute Gasteiger partial charge is 0.294 e. The molecule has 128 valence electrons. The average Bonchev–Trinajstić information content (AvgIpc) is 2.55. The quantitative estimate of drug-likeness (QED) is 0.730. The number of carbonyl (C=O) groups is 1. The van der Waals surface area contributed by atoms with Crippen molar-refractivity contribution in [2.75, 3.05) is 5.75 Å². The molecule has 2 aromatic carbocycles. The summed E-state index contributed by atoms with van der Waals surface area (Å²) in [4.78, 5) is 12.8. The first-order valence-electron chi connectivity index (χ1n) is 8.06. The van der Waals surface area contributed by atoms with E-state index >= 15 is 0 Å². The van der Waals surface area contributed by atoms with Crippen LogP contribution in [0.1, 0.15) is 37.6 Å². The second-order valence-corrected chi connectivity index (χ2v) is 9.18. The Labute approximate surface area is 144 Å². The maximum atomic E-state index is 12.7. The van der Waals surface area contributed by atoms with Crippen molar-refractivity contribution in [2.24, 2.45) is 11.3 Å². The first-order chi connectivity index (χ1) is 11.2. The van der Waals surface area contributed by atoms with Crippen molar-refractivity contribution in [1.29, 1.82) is 0 Å². The molecule has 0 amide bonds. The van der Waals surface area contributed by atoms with Crippen LogP contribution in [0.2, 0.25) is 0 Å². The molecule has 3 nitrogen and oxygen atoms in total. The van der Waals surface area contributed by atoms with Crippen LogP contribution in [-0.4, -0.2) is 20.0 Å². The first-order valence-corrected chi connectivity index (χ1v) is 9.71. The Balaban J connectivity index is 2.23. The van der Waals surface area contributed by atoms with Gasteiger partial charge >= 0.3 is 0 Å². The van der Waals surface area contributed by atoms with Gasteiger partial charge in [0.15, 0.2) is 15.6 Å². The molecule has 2 rings (SSSR count). The van der Waals surface area contributed by atoms with Crippen molar-refractivity contribution in [3.63, 3.8) is 0 Å². The van der Waals surface area contributed by atoms with Gasteiger partial charge < -0.3 is 0 Å². The lowest BCUT2D eigenvalue weighted by Crippen LogP contribution is -2.30. The summed E-state index contributed by atoms with van der Waals surface area (Å²) < 4.78 is 25.4. The zero-order valence-electron chi connectivity index (χ0n) is 14.4. The van der Waals surface area contributed by atoms with E-state index in [2.05, 4.69) is 0 Å². The van der Waals surface area contributed by atoms with Crippen LogP contribution in [-0.2, 0) is 9.84 Å². The molecule has 0 saturated heterocycles. The van der Waals surface area contributed by atoms with E-state index in [9.17, 15) is 13.2 Å². The van der Waals surface area contributed by atoms with Gasteiger partial charge in [0.1, 0.15) is 0 Å². The van der Waals surface area contributed by atoms with E-state index in [0.717, 1.165) is 0 Å². The second kappa shape index (κ2) is 7.31. The van der Waals surface area contributed by atoms with Gasteiger partial charge in [-0.2, -0.15) is 0 Å². The summed E-state index contributed by atoms with van der Waals surface area (Å²) in [6.45, 7) is 5.95. The lowest BCUT2D eigenvalue weighted by atomic mass is 9.78. The summed E-state index contributed by atoms with van der Waals surface area (Å²) in [5.41, 5.74) is 0.343. The summed E-state index contributed by atoms with van der Waals surface area (Å²) in [5, 5.41) is 0. The van der Waals surface area contributed by atoms with Crippen molar-refractivity contribution in [1.82, 2.24) is 0 Å². The Morgan fingerprint density at radius 2 is 1.42 bits per heavy atom. The third kappa shape index (κ3) is 4.78. The number of Topliss-reactive ketones (excluding diaryl/α,β-unsaturated/α-hetero) is 1. The fourth-order valence-electron chi connectivity index (χ4n) is 2.57. The number of sulfone groups is 1. The van der Waals surface area contributed by atoms with Gasteiger partial charge in [-0.3, -0.25) is 4.79 Å². The average molecular weight is 344 g/mol. The van der Waals surface area contributed by atoms with Crippen molar-refractivity contribution >= 4 is 15.6 Å². The number of benzene rings is 2. The smallest absolute Gasteiger partial charge is 0.178 e. The molecule has 0 N–H and O–H groups in total. The predicted octanol–water partition coefficient (Wildman–Crippen LogP) is 4.40. The third-order valence-corrected chi connectivity index (χ3v) is 6.11. The van der Waals surface area contributed by atoms with Crippen molar-refractivity contribution in [3.05, 3.63) is 66.2 Å². The predicted molar refractivity (Wildman–Crippen MR) is 96.8 cm³/mol. The van der Waals surface area contributed by atoms with Gasteiger partial charge in [-0.05, 0) is 23.5 Å². The molecule has 0 heterocycles. The molecule has 4 heteroatoms. The number of hydrogen-bond acceptors (Lipinski definition) is 3. The topological polar surface area (TPSA) is 51.2 Å². The van der Waals surface area contributed by atoms with Gasteiger partial charge in [-0.1, -0.05) is 69.3 Å². The Bertz CT molecular complexity index is 773. The fraction of sp³-hybridized carbons (Fsp3) is 0.350. The molecule has 24 heavy (non-hydrogen) atoms. The maximum absolute atomic E-state index is 12.7. The molecule has 0 fully saturated rings. The van der Waals surface area contributed by atoms with Gasteiger partial charge in [-0.15, -0.1) is 0 Å². The van der Waals surface area contributed by atoms with Gasteiger partial charge in [-0.25, -0.2) is 8.42 Å². The van der Waals surface area contributed by atoms with E-state index in [1.807, 2.05) is 39.0 Å². The molecule has 1 atom stereocenters. The van der Waals surface area contributed by atoms with Gasteiger partial charge in [0.05, 0.1) is 10.6 Å². The van der Waals surface area contributed by atoms with E-state index in [-0.39, 0.29) is 29.3 Å². The van der Waals surface area contributed by atoms with Crippen LogP contribution in [0.15, 0.2) is 65.6 Å². The lowest BCUT2D eigenvalue weighted by Gasteiger charge is -2.30. The zero-order chi connectivity index (χ0) is 17.8. The van der Waals surface area contributed by atoms with Crippen LogP contribution in [0.4, 0.5) is 0 Å². The molecule has 0 aromatic heterocycles. The summed E-state index contributed by atoms with van der Waals surface area (Å²) >= 11 is 0. The van der Waals surface area contributed by atoms with Gasteiger partial charge in [0.2, 0.25) is 0 Å². The maximum Gasteiger partial charge on any atom is 0.178 e. The van der Waals surface area contributed by atoms with Crippen LogP contribution < -0.4 is 0 Å². The zero-order valence-corrected chi connectivity index (χ0v) is 15.2. The molecular formula is C20H24O3S. The minimum Gasteiger partial charge on any atom is -0.294 e. The van der Waals surface area contributed by atoms with Gasteiger partial charge in [0.25, 0.3) is 0 Å². The lowest BCUT2D eigenvalue weighted by molar-refractivity contribution is 0.0929. The standard InChI is InChI=1S/C20H24O3S/c1-20(2,3)17(14-19(21)16-10-6-4-7-11-16)15-24(22,23)18-12-8-5-9-13-18/h4-13,17H,14-15H2,1-3H3/t17-/m0/s1. The monoisotopic (exact) mass is 344 g/mol. The summed E-state index contributed by atoms with van der Waals surface area (Å²) in [5.74, 6) is -0.298. The molecule has 0 aliphatic carbocycles. The highest BCUT2D eigenvalue weighted by Crippen LogP contribution is 2.32. The van der Waals surface area contributed by atoms with E-state index in [1.165, 1.54) is 0 Å². The summed E-state index contributed by atoms with van der Waals surface area (Å²) in [7, 11) is -3.42. The summed E-state index contributed by atoms with van der Waals surface area (Å²) in [6.07, 6.45) is 0.222. The number of carbonyl (C=O) groups excluding carboxylic acids is 1. The number of hydrogen-bond donors (Lipinski definition) is 0. The van der Waals surface area contributed by atoms with E-state index in [0.29, 0.717) is 10.5 Å². The minimum atomic E-state index is -3.42. The van der Waals surface area contributed by atoms with E-state index < -0.39 is 9.84 Å². The fourth-order valence-corrected chi connectivity index (χ4v) is 4.48. The van der Waals surface area contributed by atoms with E-state index in [1.54, 1.807) is 42.5 Å². The highest BCUT2D eigenvalue weighted by Gasteiger charge is 2.32. The van der Waals surface area contributed by atoms with Crippen LogP contribution in [0, 0.1) is 11.3 Å². The number of ketones is 1. The van der Waals surface area contributed by atoms with Crippen LogP contribution in [0.5, 0.6) is 0 Å². The summed E-state index contributed by atoms with van der Waals surface area (Å²) in [6, 6.07) is 17.5. The molecule has 0 bridgehead atoms. The van der Waals surface area contributed by atoms with Crippen LogP contribution in [0.3, 0.4) is 0 Å². The molecular weight excluding hydrogens is 320 g/mol. The Morgan fingerprint density at radius 1 is 0.917 bits per heavy atom. The minimum absolute atomic E-state index is 0.0150. The molecule has 0 radical (unpaired) electrons. The van der Waals surface area contributed by atoms with Crippen LogP contribution >= 0.6 is 0 Å². The molecule has 2 aromatic rings. The third-order valence-electron chi connectivity index (χ3n) is 4.28. The van der Waals surface area contributed by atoms with Crippen LogP contribution in [0.25, 0.3) is 0 Å². The van der Waals surface area contributed by atoms with Crippen molar-refractivity contribution in [2.45, 2.75) is 32.1 Å². The molecule has 0 spiro atoms. The Morgan fingerprint density at radius 3 is 1.92 bits per heavy atom.